The van der Waals surface area contributed by atoms with Gasteiger partial charge in [-0.05, 0) is 6.07 Å². The van der Waals surface area contributed by atoms with Crippen LogP contribution in [0.15, 0.2) is 28.0 Å². The topological polar surface area (TPSA) is 89.5 Å². The Kier molecular flexibility index (Phi) is 4.19. The summed E-state index contributed by atoms with van der Waals surface area (Å²) < 4.78 is 53.2. The summed E-state index contributed by atoms with van der Waals surface area (Å²) in [5, 5.41) is 3.10. The zero-order valence-corrected chi connectivity index (χ0v) is 12.9. The van der Waals surface area contributed by atoms with E-state index in [1.807, 2.05) is 0 Å². The number of benzene rings is 1. The van der Waals surface area contributed by atoms with Crippen molar-refractivity contribution in [2.45, 2.75) is 15.9 Å². The molecule has 1 heterocycles. The van der Waals surface area contributed by atoms with Crippen molar-refractivity contribution in [1.29, 1.82) is 0 Å². The highest BCUT2D eigenvalue weighted by Gasteiger charge is 2.28. The van der Waals surface area contributed by atoms with Crippen LogP contribution < -0.4 is 5.32 Å². The Morgan fingerprint density at radius 3 is 2.35 bits per heavy atom. The van der Waals surface area contributed by atoms with Gasteiger partial charge in [-0.25, -0.2) is 16.8 Å². The Morgan fingerprint density at radius 2 is 1.85 bits per heavy atom. The molecule has 20 heavy (non-hydrogen) atoms. The fraction of sp³-hybridized carbons (Fsp3) is 0.500. The molecule has 0 aromatic heterocycles. The molecule has 0 radical (unpaired) electrons. The van der Waals surface area contributed by atoms with E-state index in [1.54, 1.807) is 12.1 Å². The summed E-state index contributed by atoms with van der Waals surface area (Å²) in [6.45, 7) is 1.60. The van der Waals surface area contributed by atoms with E-state index >= 15 is 0 Å². The lowest BCUT2D eigenvalue weighted by atomic mass is 10.1. The molecule has 2 rings (SSSR count). The minimum Gasteiger partial charge on any atom is -0.371 e. The van der Waals surface area contributed by atoms with Crippen LogP contribution in [-0.4, -0.2) is 49.0 Å². The summed E-state index contributed by atoms with van der Waals surface area (Å²) >= 11 is 0. The van der Waals surface area contributed by atoms with Crippen LogP contribution in [0, 0.1) is 0 Å². The van der Waals surface area contributed by atoms with Crippen LogP contribution in [-0.2, 0) is 24.4 Å². The molecule has 1 aromatic carbocycles. The molecule has 0 bridgehead atoms. The number of hydrogen-bond acceptors (Lipinski definition) is 6. The summed E-state index contributed by atoms with van der Waals surface area (Å²) in [6.07, 6.45) is 1.55. The highest BCUT2D eigenvalue weighted by molar-refractivity contribution is 7.93. The van der Waals surface area contributed by atoms with Crippen molar-refractivity contribution in [3.05, 3.63) is 23.8 Å². The van der Waals surface area contributed by atoms with Gasteiger partial charge in [-0.15, -0.1) is 0 Å². The second kappa shape index (κ2) is 5.44. The van der Waals surface area contributed by atoms with E-state index < -0.39 is 25.8 Å². The minimum absolute atomic E-state index is 0.156. The molecule has 0 saturated carbocycles. The number of hydrogen-bond donors (Lipinski definition) is 1. The van der Waals surface area contributed by atoms with E-state index in [4.69, 9.17) is 4.74 Å². The minimum atomic E-state index is -3.68. The number of nitrogens with one attached hydrogen (secondary N) is 1. The van der Waals surface area contributed by atoms with Crippen molar-refractivity contribution in [1.82, 2.24) is 5.32 Å². The third-order valence-corrected chi connectivity index (χ3v) is 5.52. The molecule has 8 heteroatoms. The van der Waals surface area contributed by atoms with E-state index in [-0.39, 0.29) is 9.79 Å². The third-order valence-electron chi connectivity index (χ3n) is 3.05. The molecule has 1 aromatic rings. The van der Waals surface area contributed by atoms with Gasteiger partial charge < -0.3 is 10.1 Å². The van der Waals surface area contributed by atoms with Crippen LogP contribution in [0.25, 0.3) is 0 Å². The maximum Gasteiger partial charge on any atom is 0.177 e. The van der Waals surface area contributed by atoms with Gasteiger partial charge in [0.15, 0.2) is 19.7 Å². The first-order valence-electron chi connectivity index (χ1n) is 6.06. The van der Waals surface area contributed by atoms with Crippen molar-refractivity contribution in [3.8, 4) is 0 Å². The Hall–Kier alpha value is -0.960. The highest BCUT2D eigenvalue weighted by atomic mass is 32.2. The van der Waals surface area contributed by atoms with E-state index in [1.165, 1.54) is 6.07 Å². The third kappa shape index (κ3) is 3.20. The quantitative estimate of drug-likeness (QED) is 0.853. The molecule has 0 amide bonds. The van der Waals surface area contributed by atoms with Gasteiger partial charge in [0.2, 0.25) is 0 Å². The first kappa shape index (κ1) is 15.4. The summed E-state index contributed by atoms with van der Waals surface area (Å²) in [5.41, 5.74) is 0.391. The second-order valence-electron chi connectivity index (χ2n) is 4.78. The predicted molar refractivity (Wildman–Crippen MR) is 74.2 cm³/mol. The zero-order valence-electron chi connectivity index (χ0n) is 11.3. The Labute approximate surface area is 119 Å². The summed E-state index contributed by atoms with van der Waals surface area (Å²) in [5.74, 6) is 0. The maximum atomic E-state index is 12.0. The molecule has 0 aliphatic carbocycles. The number of sulfone groups is 2. The molecule has 1 saturated heterocycles. The molecule has 1 atom stereocenters. The number of ether oxygens (including phenoxy) is 1. The molecule has 112 valence electrons. The molecule has 1 N–H and O–H groups in total. The van der Waals surface area contributed by atoms with Crippen LogP contribution in [0.4, 0.5) is 0 Å². The first-order valence-corrected chi connectivity index (χ1v) is 9.85. The van der Waals surface area contributed by atoms with Crippen molar-refractivity contribution < 1.29 is 21.6 Å². The molecule has 6 nitrogen and oxygen atoms in total. The van der Waals surface area contributed by atoms with E-state index in [0.717, 1.165) is 12.5 Å². The fourth-order valence-corrected chi connectivity index (χ4v) is 4.99. The van der Waals surface area contributed by atoms with Gasteiger partial charge >= 0.3 is 0 Å². The molecular formula is C12H17NO5S2. The SMILES string of the molecule is CS(=O)(=O)c1cccc(C2CNCCO2)c1S(C)(=O)=O. The van der Waals surface area contributed by atoms with Gasteiger partial charge in [-0.3, -0.25) is 0 Å². The van der Waals surface area contributed by atoms with Gasteiger partial charge in [-0.1, -0.05) is 12.1 Å². The Bertz CT molecular complexity index is 703. The van der Waals surface area contributed by atoms with Crippen molar-refractivity contribution >= 4 is 19.7 Å². The summed E-state index contributed by atoms with van der Waals surface area (Å²) in [6, 6.07) is 4.45. The standard InChI is InChI=1S/C12H17NO5S2/c1-19(14,15)11-5-3-4-9(12(11)20(2,16)17)10-8-13-6-7-18-10/h3-5,10,13H,6-8H2,1-2H3. The average molecular weight is 319 g/mol. The summed E-state index contributed by atoms with van der Waals surface area (Å²) in [7, 11) is -7.32. The monoisotopic (exact) mass is 319 g/mol. The van der Waals surface area contributed by atoms with E-state index in [9.17, 15) is 16.8 Å². The second-order valence-corrected chi connectivity index (χ2v) is 8.72. The van der Waals surface area contributed by atoms with Crippen LogP contribution in [0.1, 0.15) is 11.7 Å². The lowest BCUT2D eigenvalue weighted by Crippen LogP contribution is -2.34. The predicted octanol–water partition coefficient (Wildman–Crippen LogP) is 0.155. The first-order chi connectivity index (χ1) is 9.21. The summed E-state index contributed by atoms with van der Waals surface area (Å²) in [4.78, 5) is -0.331. The molecule has 1 unspecified atom stereocenters. The van der Waals surface area contributed by atoms with Crippen molar-refractivity contribution in [2.24, 2.45) is 0 Å². The fourth-order valence-electron chi connectivity index (χ4n) is 2.24. The van der Waals surface area contributed by atoms with E-state index in [0.29, 0.717) is 25.3 Å². The zero-order chi connectivity index (χ0) is 15.0. The van der Waals surface area contributed by atoms with Gasteiger partial charge in [0.05, 0.1) is 22.5 Å². The van der Waals surface area contributed by atoms with Crippen LogP contribution in [0.3, 0.4) is 0 Å². The van der Waals surface area contributed by atoms with Crippen LogP contribution >= 0.6 is 0 Å². The van der Waals surface area contributed by atoms with Gasteiger partial charge in [0, 0.05) is 31.2 Å². The lowest BCUT2D eigenvalue weighted by Gasteiger charge is -2.26. The number of morpholine rings is 1. The van der Waals surface area contributed by atoms with Gasteiger partial charge in [0.1, 0.15) is 0 Å². The largest absolute Gasteiger partial charge is 0.371 e. The molecule has 0 spiro atoms. The maximum absolute atomic E-state index is 12.0. The van der Waals surface area contributed by atoms with Gasteiger partial charge in [0.25, 0.3) is 0 Å². The molecule has 1 aliphatic rings. The molecular weight excluding hydrogens is 302 g/mol. The number of rotatable bonds is 3. The normalized spacial score (nSPS) is 20.8. The van der Waals surface area contributed by atoms with Crippen molar-refractivity contribution in [3.63, 3.8) is 0 Å². The van der Waals surface area contributed by atoms with Crippen molar-refractivity contribution in [2.75, 3.05) is 32.2 Å². The van der Waals surface area contributed by atoms with Crippen LogP contribution in [0.5, 0.6) is 0 Å². The molecule has 1 fully saturated rings. The van der Waals surface area contributed by atoms with E-state index in [2.05, 4.69) is 5.32 Å². The molecule has 1 aliphatic heterocycles. The Morgan fingerprint density at radius 1 is 1.15 bits per heavy atom. The lowest BCUT2D eigenvalue weighted by molar-refractivity contribution is 0.0257. The average Bonchev–Trinajstić information content (AvgIpc) is 2.37. The van der Waals surface area contributed by atoms with Gasteiger partial charge in [-0.2, -0.15) is 0 Å². The van der Waals surface area contributed by atoms with Crippen LogP contribution in [0.2, 0.25) is 0 Å². The Balaban J connectivity index is 2.69. The highest BCUT2D eigenvalue weighted by Crippen LogP contribution is 2.31. The smallest absolute Gasteiger partial charge is 0.177 e.